The van der Waals surface area contributed by atoms with E-state index in [1.54, 1.807) is 0 Å². The fraction of sp³-hybridized carbons (Fsp3) is 0.429. The Morgan fingerprint density at radius 1 is 1.26 bits per heavy atom. The molecule has 2 aliphatic rings. The average molecular weight is 261 g/mol. The second kappa shape index (κ2) is 4.35. The van der Waals surface area contributed by atoms with Crippen molar-refractivity contribution in [3.05, 3.63) is 35.4 Å². The molecule has 1 saturated heterocycles. The lowest BCUT2D eigenvalue weighted by atomic mass is 10.1. The van der Waals surface area contributed by atoms with E-state index in [4.69, 9.17) is 5.11 Å². The summed E-state index contributed by atoms with van der Waals surface area (Å²) in [5, 5.41) is 19.2. The summed E-state index contributed by atoms with van der Waals surface area (Å²) in [6.45, 7) is 0.185. The molecule has 2 N–H and O–H groups in total. The molecule has 5 nitrogen and oxygen atoms in total. The van der Waals surface area contributed by atoms with E-state index < -0.39 is 24.0 Å². The number of aliphatic hydroxyl groups excluding tert-OH is 1. The Hall–Kier alpha value is -1.88. The summed E-state index contributed by atoms with van der Waals surface area (Å²) in [5.41, 5.74) is 1.97. The molecule has 1 unspecified atom stereocenters. The first-order valence-electron chi connectivity index (χ1n) is 6.36. The molecule has 0 bridgehead atoms. The molecule has 1 aromatic carbocycles. The third kappa shape index (κ3) is 1.90. The Balaban J connectivity index is 1.91. The van der Waals surface area contributed by atoms with Crippen LogP contribution in [0.5, 0.6) is 0 Å². The molecule has 100 valence electrons. The number of hydrogen-bond acceptors (Lipinski definition) is 3. The zero-order valence-corrected chi connectivity index (χ0v) is 10.3. The largest absolute Gasteiger partial charge is 0.481 e. The van der Waals surface area contributed by atoms with E-state index in [2.05, 4.69) is 0 Å². The molecule has 0 radical (unpaired) electrons. The number of rotatable bonds is 2. The molecule has 3 atom stereocenters. The zero-order chi connectivity index (χ0) is 13.6. The van der Waals surface area contributed by atoms with E-state index in [0.29, 0.717) is 6.42 Å². The number of aliphatic carboxylic acids is 1. The lowest BCUT2D eigenvalue weighted by Crippen LogP contribution is -2.35. The van der Waals surface area contributed by atoms with Gasteiger partial charge >= 0.3 is 5.97 Å². The standard InChI is InChI=1S/C14H15NO4/c16-11-5-8-3-1-2-4-10(8)13(11)15-7-9(14(18)19)6-12(15)17/h1-4,9,11,13,16H,5-7H2,(H,18,19)/t9?,11-,13+/m0/s1. The fourth-order valence-corrected chi connectivity index (χ4v) is 3.09. The van der Waals surface area contributed by atoms with Crippen LogP contribution in [0.4, 0.5) is 0 Å². The van der Waals surface area contributed by atoms with Crippen LogP contribution in [0.1, 0.15) is 23.6 Å². The minimum absolute atomic E-state index is 0.0285. The highest BCUT2D eigenvalue weighted by molar-refractivity contribution is 5.86. The summed E-state index contributed by atoms with van der Waals surface area (Å²) in [7, 11) is 0. The van der Waals surface area contributed by atoms with Crippen LogP contribution in [-0.2, 0) is 16.0 Å². The molecule has 3 rings (SSSR count). The number of aliphatic hydroxyl groups is 1. The molecule has 1 aromatic rings. The van der Waals surface area contributed by atoms with Crippen molar-refractivity contribution in [1.29, 1.82) is 0 Å². The van der Waals surface area contributed by atoms with Gasteiger partial charge in [0.2, 0.25) is 5.91 Å². The predicted octanol–water partition coefficient (Wildman–Crippen LogP) is 0.578. The summed E-state index contributed by atoms with van der Waals surface area (Å²) < 4.78 is 0. The number of carbonyl (C=O) groups excluding carboxylic acids is 1. The van der Waals surface area contributed by atoms with Gasteiger partial charge in [0.05, 0.1) is 18.1 Å². The van der Waals surface area contributed by atoms with Gasteiger partial charge in [-0.3, -0.25) is 9.59 Å². The minimum atomic E-state index is -0.948. The number of nitrogens with zero attached hydrogens (tertiary/aromatic N) is 1. The Labute approximate surface area is 110 Å². The van der Waals surface area contributed by atoms with Crippen LogP contribution in [0.15, 0.2) is 24.3 Å². The van der Waals surface area contributed by atoms with Crippen LogP contribution in [0.25, 0.3) is 0 Å². The number of likely N-dealkylation sites (tertiary alicyclic amines) is 1. The van der Waals surface area contributed by atoms with Gasteiger partial charge in [0.1, 0.15) is 0 Å². The normalized spacial score (nSPS) is 29.6. The molecule has 1 heterocycles. The van der Waals surface area contributed by atoms with Gasteiger partial charge in [0, 0.05) is 19.4 Å². The maximum atomic E-state index is 12.0. The van der Waals surface area contributed by atoms with Crippen LogP contribution in [0, 0.1) is 5.92 Å². The van der Waals surface area contributed by atoms with Gasteiger partial charge in [-0.1, -0.05) is 24.3 Å². The average Bonchev–Trinajstić information content (AvgIpc) is 2.88. The van der Waals surface area contributed by atoms with Crippen molar-refractivity contribution < 1.29 is 19.8 Å². The maximum Gasteiger partial charge on any atom is 0.308 e. The summed E-state index contributed by atoms with van der Waals surface area (Å²) in [4.78, 5) is 24.5. The first-order valence-corrected chi connectivity index (χ1v) is 6.36. The Bertz CT molecular complexity index is 542. The molecule has 1 aliphatic carbocycles. The minimum Gasteiger partial charge on any atom is -0.481 e. The molecule has 0 spiro atoms. The first kappa shape index (κ1) is 12.2. The SMILES string of the molecule is O=C(O)C1CC(=O)N([C@@H]2c3ccccc3C[C@@H]2O)C1. The molecular formula is C14H15NO4. The molecule has 19 heavy (non-hydrogen) atoms. The van der Waals surface area contributed by atoms with E-state index in [1.165, 1.54) is 4.90 Å². The zero-order valence-electron chi connectivity index (χ0n) is 10.3. The van der Waals surface area contributed by atoms with Gasteiger partial charge in [-0.05, 0) is 11.1 Å². The summed E-state index contributed by atoms with van der Waals surface area (Å²) in [6, 6.07) is 7.22. The van der Waals surface area contributed by atoms with Crippen molar-refractivity contribution in [2.24, 2.45) is 5.92 Å². The van der Waals surface area contributed by atoms with Crippen LogP contribution in [-0.4, -0.2) is 39.6 Å². The van der Waals surface area contributed by atoms with E-state index in [0.717, 1.165) is 11.1 Å². The van der Waals surface area contributed by atoms with Gasteiger partial charge in [0.25, 0.3) is 0 Å². The number of carbonyl (C=O) groups is 2. The number of hydrogen-bond donors (Lipinski definition) is 2. The van der Waals surface area contributed by atoms with Crippen LogP contribution >= 0.6 is 0 Å². The van der Waals surface area contributed by atoms with Crippen LogP contribution in [0.2, 0.25) is 0 Å². The lowest BCUT2D eigenvalue weighted by Gasteiger charge is -2.27. The number of carboxylic acid groups (broad SMARTS) is 1. The topological polar surface area (TPSA) is 77.8 Å². The van der Waals surface area contributed by atoms with Crippen molar-refractivity contribution in [2.75, 3.05) is 6.54 Å². The van der Waals surface area contributed by atoms with Crippen LogP contribution in [0.3, 0.4) is 0 Å². The number of fused-ring (bicyclic) bond motifs is 1. The lowest BCUT2D eigenvalue weighted by molar-refractivity contribution is -0.141. The van der Waals surface area contributed by atoms with Gasteiger partial charge in [-0.25, -0.2) is 0 Å². The molecule has 1 aliphatic heterocycles. The second-order valence-electron chi connectivity index (χ2n) is 5.20. The highest BCUT2D eigenvalue weighted by Crippen LogP contribution is 2.39. The smallest absolute Gasteiger partial charge is 0.308 e. The first-order chi connectivity index (χ1) is 9.08. The Morgan fingerprint density at radius 3 is 2.68 bits per heavy atom. The van der Waals surface area contributed by atoms with Crippen molar-refractivity contribution >= 4 is 11.9 Å². The molecule has 0 saturated carbocycles. The van der Waals surface area contributed by atoms with Gasteiger partial charge < -0.3 is 15.1 Å². The molecule has 5 heteroatoms. The highest BCUT2D eigenvalue weighted by atomic mass is 16.4. The monoisotopic (exact) mass is 261 g/mol. The fourth-order valence-electron chi connectivity index (χ4n) is 3.09. The summed E-state index contributed by atoms with van der Waals surface area (Å²) >= 11 is 0. The van der Waals surface area contributed by atoms with E-state index in [9.17, 15) is 14.7 Å². The van der Waals surface area contributed by atoms with Crippen LogP contribution < -0.4 is 0 Å². The van der Waals surface area contributed by atoms with E-state index in [1.807, 2.05) is 24.3 Å². The number of carboxylic acids is 1. The Morgan fingerprint density at radius 2 is 2.00 bits per heavy atom. The van der Waals surface area contributed by atoms with Crippen molar-refractivity contribution in [1.82, 2.24) is 4.90 Å². The highest BCUT2D eigenvalue weighted by Gasteiger charge is 2.43. The third-order valence-corrected chi connectivity index (χ3v) is 4.01. The Kier molecular flexibility index (Phi) is 2.78. The van der Waals surface area contributed by atoms with Crippen molar-refractivity contribution in [3.8, 4) is 0 Å². The van der Waals surface area contributed by atoms with Gasteiger partial charge in [-0.2, -0.15) is 0 Å². The van der Waals surface area contributed by atoms with Gasteiger partial charge in [-0.15, -0.1) is 0 Å². The molecule has 0 aromatic heterocycles. The van der Waals surface area contributed by atoms with Gasteiger partial charge in [0.15, 0.2) is 0 Å². The second-order valence-corrected chi connectivity index (χ2v) is 5.20. The van der Waals surface area contributed by atoms with E-state index >= 15 is 0 Å². The third-order valence-electron chi connectivity index (χ3n) is 4.01. The predicted molar refractivity (Wildman–Crippen MR) is 66.3 cm³/mol. The molecule has 1 fully saturated rings. The molecular weight excluding hydrogens is 246 g/mol. The quantitative estimate of drug-likeness (QED) is 0.816. The summed E-state index contributed by atoms with van der Waals surface area (Å²) in [6.07, 6.45) is -0.0998. The van der Waals surface area contributed by atoms with E-state index in [-0.39, 0.29) is 18.9 Å². The molecule has 1 amide bonds. The van der Waals surface area contributed by atoms with Crippen molar-refractivity contribution in [2.45, 2.75) is 25.0 Å². The van der Waals surface area contributed by atoms with Crippen molar-refractivity contribution in [3.63, 3.8) is 0 Å². The number of benzene rings is 1. The number of amides is 1. The maximum absolute atomic E-state index is 12.0. The summed E-state index contributed by atoms with van der Waals surface area (Å²) in [5.74, 6) is -1.79.